The second-order valence-electron chi connectivity index (χ2n) is 8.10. The fourth-order valence-electron chi connectivity index (χ4n) is 3.24. The van der Waals surface area contributed by atoms with Crippen LogP contribution in [0.15, 0.2) is 22.5 Å². The summed E-state index contributed by atoms with van der Waals surface area (Å²) in [5.41, 5.74) is 2.52. The van der Waals surface area contributed by atoms with Gasteiger partial charge in [-0.15, -0.1) is 0 Å². The Kier molecular flexibility index (Phi) is 8.88. The molecule has 8 heteroatoms. The molecule has 0 radical (unpaired) electrons. The number of nitrogens with zero attached hydrogens (tertiary/aromatic N) is 1. The number of hydrogen-bond donors (Lipinski definition) is 2. The Morgan fingerprint density at radius 3 is 1.76 bits per heavy atom. The maximum atomic E-state index is 11.7. The highest BCUT2D eigenvalue weighted by Gasteiger charge is 2.35. The monoisotopic (exact) mass is 409 g/mol. The summed E-state index contributed by atoms with van der Waals surface area (Å²) in [5.74, 6) is -0.599. The van der Waals surface area contributed by atoms with E-state index in [0.29, 0.717) is 30.9 Å². The van der Waals surface area contributed by atoms with E-state index >= 15 is 0 Å². The number of likely N-dealkylation sites (N-methyl/N-ethyl adjacent to an activating group) is 1. The lowest BCUT2D eigenvalue weighted by Crippen LogP contribution is -2.44. The molecule has 0 aromatic heterocycles. The standard InChI is InChI=1S/C13H19NO4.C8H16N2O/c1-5-17-12(15)10-7-11(13(16)18-6-2)9(4)14-8(10)3;1-8(2,3)7-9-5-6(11)10(7)4/h14H,5-7H2,1-4H3;7,9H,5H2,1-4H3/t;7-/m.1/s1. The molecule has 0 spiro atoms. The SMILES string of the molecule is CCOC(=O)C1=C(C)NC(C)=C(C(=O)OCC)C1.CN1C(=O)CN[C@H]1C(C)(C)C. The predicted molar refractivity (Wildman–Crippen MR) is 110 cm³/mol. The quantitative estimate of drug-likeness (QED) is 0.686. The minimum absolute atomic E-state index is 0.126. The molecule has 0 unspecified atom stereocenters. The van der Waals surface area contributed by atoms with E-state index in [0.717, 1.165) is 11.4 Å². The van der Waals surface area contributed by atoms with Gasteiger partial charge >= 0.3 is 11.9 Å². The van der Waals surface area contributed by atoms with Crippen molar-refractivity contribution in [3.8, 4) is 0 Å². The Hall–Kier alpha value is -2.35. The van der Waals surface area contributed by atoms with E-state index in [1.807, 2.05) is 7.05 Å². The number of allylic oxidation sites excluding steroid dienone is 2. The van der Waals surface area contributed by atoms with Crippen molar-refractivity contribution in [3.63, 3.8) is 0 Å². The number of carbonyl (C=O) groups excluding carboxylic acids is 3. The van der Waals surface area contributed by atoms with Gasteiger partial charge in [-0.2, -0.15) is 0 Å². The van der Waals surface area contributed by atoms with Gasteiger partial charge in [-0.25, -0.2) is 9.59 Å². The van der Waals surface area contributed by atoms with E-state index in [9.17, 15) is 14.4 Å². The van der Waals surface area contributed by atoms with Gasteiger partial charge < -0.3 is 19.7 Å². The van der Waals surface area contributed by atoms with Crippen molar-refractivity contribution in [2.75, 3.05) is 26.8 Å². The molecule has 1 amide bonds. The van der Waals surface area contributed by atoms with Gasteiger partial charge in [0.25, 0.3) is 0 Å². The zero-order chi connectivity index (χ0) is 22.4. The molecule has 2 heterocycles. The lowest BCUT2D eigenvalue weighted by atomic mass is 9.92. The molecule has 1 fully saturated rings. The van der Waals surface area contributed by atoms with Gasteiger partial charge in [0, 0.05) is 24.9 Å². The number of amides is 1. The zero-order valence-electron chi connectivity index (χ0n) is 18.9. The third kappa shape index (κ3) is 6.59. The second kappa shape index (κ2) is 10.4. The summed E-state index contributed by atoms with van der Waals surface area (Å²) in [7, 11) is 1.85. The topological polar surface area (TPSA) is 97.0 Å². The summed E-state index contributed by atoms with van der Waals surface area (Å²) in [6, 6.07) is 0. The third-order valence-electron chi connectivity index (χ3n) is 4.73. The molecule has 0 aromatic carbocycles. The predicted octanol–water partition coefficient (Wildman–Crippen LogP) is 2.07. The lowest BCUT2D eigenvalue weighted by molar-refractivity contribution is -0.139. The molecule has 0 aromatic rings. The van der Waals surface area contributed by atoms with Crippen molar-refractivity contribution < 1.29 is 23.9 Å². The minimum Gasteiger partial charge on any atom is -0.463 e. The molecule has 1 atom stereocenters. The van der Waals surface area contributed by atoms with Crippen LogP contribution in [0.4, 0.5) is 0 Å². The first-order chi connectivity index (χ1) is 13.4. The van der Waals surface area contributed by atoms with E-state index in [1.54, 1.807) is 32.6 Å². The van der Waals surface area contributed by atoms with Crippen LogP contribution in [-0.2, 0) is 23.9 Å². The Labute approximate surface area is 173 Å². The van der Waals surface area contributed by atoms with E-state index in [1.165, 1.54) is 0 Å². The van der Waals surface area contributed by atoms with Crippen LogP contribution in [0, 0.1) is 5.41 Å². The third-order valence-corrected chi connectivity index (χ3v) is 4.73. The molecule has 0 aliphatic carbocycles. The molecular formula is C21H35N3O5. The van der Waals surface area contributed by atoms with Crippen molar-refractivity contribution in [3.05, 3.63) is 22.5 Å². The second-order valence-corrected chi connectivity index (χ2v) is 8.10. The molecular weight excluding hydrogens is 374 g/mol. The summed E-state index contributed by atoms with van der Waals surface area (Å²) in [5, 5.41) is 6.19. The molecule has 0 saturated carbocycles. The van der Waals surface area contributed by atoms with Gasteiger partial charge in [-0.1, -0.05) is 20.8 Å². The number of rotatable bonds is 4. The summed E-state index contributed by atoms with van der Waals surface area (Å²) in [6.07, 6.45) is 0.442. The first kappa shape index (κ1) is 24.7. The highest BCUT2D eigenvalue weighted by atomic mass is 16.5. The Balaban J connectivity index is 0.000000326. The van der Waals surface area contributed by atoms with Crippen LogP contribution in [0.3, 0.4) is 0 Å². The number of carbonyl (C=O) groups is 3. The van der Waals surface area contributed by atoms with E-state index in [2.05, 4.69) is 31.4 Å². The minimum atomic E-state index is -0.392. The average molecular weight is 410 g/mol. The maximum Gasteiger partial charge on any atom is 0.336 e. The average Bonchev–Trinajstić information content (AvgIpc) is 2.95. The van der Waals surface area contributed by atoms with Crippen LogP contribution in [0.5, 0.6) is 0 Å². The van der Waals surface area contributed by atoms with Crippen LogP contribution in [0.25, 0.3) is 0 Å². The number of ether oxygens (including phenoxy) is 2. The molecule has 2 aliphatic rings. The van der Waals surface area contributed by atoms with Crippen molar-refractivity contribution >= 4 is 17.8 Å². The van der Waals surface area contributed by atoms with E-state index in [-0.39, 0.29) is 23.9 Å². The molecule has 164 valence electrons. The molecule has 2 aliphatic heterocycles. The number of esters is 2. The fourth-order valence-corrected chi connectivity index (χ4v) is 3.24. The lowest BCUT2D eigenvalue weighted by Gasteiger charge is -2.32. The Bertz CT molecular complexity index is 666. The van der Waals surface area contributed by atoms with Crippen LogP contribution in [0.1, 0.15) is 54.9 Å². The molecule has 1 saturated heterocycles. The molecule has 8 nitrogen and oxygen atoms in total. The van der Waals surface area contributed by atoms with E-state index < -0.39 is 11.9 Å². The molecule has 29 heavy (non-hydrogen) atoms. The van der Waals surface area contributed by atoms with Gasteiger partial charge in [0.15, 0.2) is 0 Å². The van der Waals surface area contributed by atoms with Crippen molar-refractivity contribution in [1.82, 2.24) is 15.5 Å². The zero-order valence-corrected chi connectivity index (χ0v) is 18.9. The van der Waals surface area contributed by atoms with Crippen molar-refractivity contribution in [2.24, 2.45) is 5.41 Å². The van der Waals surface area contributed by atoms with Crippen LogP contribution < -0.4 is 10.6 Å². The van der Waals surface area contributed by atoms with Gasteiger partial charge in [0.2, 0.25) is 5.91 Å². The first-order valence-electron chi connectivity index (χ1n) is 9.93. The normalized spacial score (nSPS) is 19.5. The number of nitrogens with one attached hydrogen (secondary N) is 2. The highest BCUT2D eigenvalue weighted by Crippen LogP contribution is 2.25. The van der Waals surface area contributed by atoms with Crippen molar-refractivity contribution in [2.45, 2.75) is 61.1 Å². The van der Waals surface area contributed by atoms with Crippen LogP contribution in [0.2, 0.25) is 0 Å². The van der Waals surface area contributed by atoms with E-state index in [4.69, 9.17) is 9.47 Å². The molecule has 2 N–H and O–H groups in total. The summed E-state index contributed by atoms with van der Waals surface area (Å²) in [4.78, 5) is 36.4. The highest BCUT2D eigenvalue weighted by molar-refractivity contribution is 5.96. The molecule has 0 bridgehead atoms. The van der Waals surface area contributed by atoms with Crippen LogP contribution >= 0.6 is 0 Å². The van der Waals surface area contributed by atoms with Gasteiger partial charge in [0.1, 0.15) is 0 Å². The summed E-state index contributed by atoms with van der Waals surface area (Å²) >= 11 is 0. The van der Waals surface area contributed by atoms with Gasteiger partial charge in [0.05, 0.1) is 37.1 Å². The fraction of sp³-hybridized carbons (Fsp3) is 0.667. The largest absolute Gasteiger partial charge is 0.463 e. The summed E-state index contributed by atoms with van der Waals surface area (Å²) < 4.78 is 9.93. The Morgan fingerprint density at radius 2 is 1.48 bits per heavy atom. The summed E-state index contributed by atoms with van der Waals surface area (Å²) in [6.45, 7) is 14.6. The Morgan fingerprint density at radius 1 is 1.03 bits per heavy atom. The smallest absolute Gasteiger partial charge is 0.336 e. The van der Waals surface area contributed by atoms with Crippen LogP contribution in [-0.4, -0.2) is 55.7 Å². The van der Waals surface area contributed by atoms with Gasteiger partial charge in [-0.05, 0) is 33.1 Å². The molecule has 2 rings (SSSR count). The van der Waals surface area contributed by atoms with Crippen molar-refractivity contribution in [1.29, 1.82) is 0 Å². The first-order valence-corrected chi connectivity index (χ1v) is 9.93. The number of hydrogen-bond acceptors (Lipinski definition) is 7. The van der Waals surface area contributed by atoms with Gasteiger partial charge in [-0.3, -0.25) is 10.1 Å². The number of dihydropyridines is 1. The maximum absolute atomic E-state index is 11.7.